The molecule has 0 aliphatic rings. The van der Waals surface area contributed by atoms with E-state index in [0.717, 1.165) is 31.7 Å². The zero-order valence-electron chi connectivity index (χ0n) is 16.3. The molecule has 1 aromatic carbocycles. The summed E-state index contributed by atoms with van der Waals surface area (Å²) in [6, 6.07) is 8.17. The number of ether oxygens (including phenoxy) is 1. The third-order valence-electron chi connectivity index (χ3n) is 3.85. The molecule has 0 saturated carbocycles. The van der Waals surface area contributed by atoms with Gasteiger partial charge in [-0.25, -0.2) is 4.99 Å². The second kappa shape index (κ2) is 14.6. The Balaban J connectivity index is 0.00000625. The monoisotopic (exact) mass is 476 g/mol. The highest BCUT2D eigenvalue weighted by Crippen LogP contribution is 2.21. The van der Waals surface area contributed by atoms with Crippen molar-refractivity contribution in [3.8, 4) is 5.75 Å². The molecule has 26 heavy (non-hydrogen) atoms. The predicted octanol–water partition coefficient (Wildman–Crippen LogP) is 2.89. The van der Waals surface area contributed by atoms with Crippen molar-refractivity contribution in [3.63, 3.8) is 0 Å². The lowest BCUT2D eigenvalue weighted by Crippen LogP contribution is -2.39. The van der Waals surface area contributed by atoms with E-state index in [9.17, 15) is 4.79 Å². The molecule has 0 heterocycles. The normalized spacial score (nSPS) is 11.9. The van der Waals surface area contributed by atoms with Crippen LogP contribution in [0.3, 0.4) is 0 Å². The minimum Gasteiger partial charge on any atom is -0.497 e. The molecule has 0 radical (unpaired) electrons. The third-order valence-corrected chi connectivity index (χ3v) is 3.85. The average Bonchev–Trinajstić information content (AvgIpc) is 2.64. The minimum absolute atomic E-state index is 0. The molecule has 148 valence electrons. The number of carbonyl (C=O) groups excluding carboxylic acids is 1. The van der Waals surface area contributed by atoms with Crippen LogP contribution in [0.25, 0.3) is 0 Å². The molecule has 3 N–H and O–H groups in total. The van der Waals surface area contributed by atoms with Gasteiger partial charge in [-0.15, -0.1) is 24.0 Å². The van der Waals surface area contributed by atoms with Gasteiger partial charge in [-0.1, -0.05) is 26.0 Å². The van der Waals surface area contributed by atoms with Gasteiger partial charge in [0.2, 0.25) is 5.91 Å². The number of methoxy groups -OCH3 is 1. The molecule has 1 unspecified atom stereocenters. The number of rotatable bonds is 10. The van der Waals surface area contributed by atoms with Gasteiger partial charge >= 0.3 is 0 Å². The fourth-order valence-electron chi connectivity index (χ4n) is 2.32. The Morgan fingerprint density at radius 1 is 1.12 bits per heavy atom. The number of benzene rings is 1. The van der Waals surface area contributed by atoms with Crippen LogP contribution in [0.15, 0.2) is 29.3 Å². The van der Waals surface area contributed by atoms with E-state index in [1.54, 1.807) is 7.11 Å². The average molecular weight is 476 g/mol. The number of hydrogen-bond acceptors (Lipinski definition) is 3. The molecule has 0 fully saturated rings. The largest absolute Gasteiger partial charge is 0.497 e. The van der Waals surface area contributed by atoms with E-state index < -0.39 is 0 Å². The van der Waals surface area contributed by atoms with Crippen LogP contribution in [-0.2, 0) is 4.79 Å². The zero-order valence-corrected chi connectivity index (χ0v) is 18.6. The molecule has 0 saturated heterocycles. The maximum absolute atomic E-state index is 11.6. The van der Waals surface area contributed by atoms with Crippen molar-refractivity contribution in [1.82, 2.24) is 16.0 Å². The van der Waals surface area contributed by atoms with E-state index in [1.165, 1.54) is 5.56 Å². The number of halogens is 1. The highest BCUT2D eigenvalue weighted by atomic mass is 127. The highest BCUT2D eigenvalue weighted by molar-refractivity contribution is 14.0. The molecule has 1 atom stereocenters. The Bertz CT molecular complexity index is 535. The summed E-state index contributed by atoms with van der Waals surface area (Å²) in [6.45, 7) is 8.62. The molecule has 1 amide bonds. The molecule has 0 aromatic heterocycles. The molecule has 0 aliphatic heterocycles. The summed E-state index contributed by atoms with van der Waals surface area (Å²) in [7, 11) is 1.67. The Labute approximate surface area is 174 Å². The van der Waals surface area contributed by atoms with Crippen LogP contribution >= 0.6 is 24.0 Å². The zero-order chi connectivity index (χ0) is 18.5. The van der Waals surface area contributed by atoms with Crippen LogP contribution in [-0.4, -0.2) is 45.2 Å². The summed E-state index contributed by atoms with van der Waals surface area (Å²) in [4.78, 5) is 16.0. The van der Waals surface area contributed by atoms with Crippen molar-refractivity contribution in [3.05, 3.63) is 29.8 Å². The predicted molar refractivity (Wildman–Crippen MR) is 119 cm³/mol. The van der Waals surface area contributed by atoms with Crippen LogP contribution in [0.1, 0.15) is 45.1 Å². The van der Waals surface area contributed by atoms with E-state index in [0.29, 0.717) is 18.4 Å². The standard InChI is InChI=1S/C19H32N4O2.HI/c1-5-12-21-18(24)14-23-19(20-6-2)22-13-11-15(3)16-7-9-17(25-4)10-8-16;/h7-10,15H,5-6,11-14H2,1-4H3,(H,21,24)(H2,20,22,23);1H. The molecule has 0 bridgehead atoms. The van der Waals surface area contributed by atoms with Crippen LogP contribution in [0.2, 0.25) is 0 Å². The topological polar surface area (TPSA) is 74.8 Å². The van der Waals surface area contributed by atoms with E-state index >= 15 is 0 Å². The van der Waals surface area contributed by atoms with Crippen molar-refractivity contribution in [2.75, 3.05) is 33.3 Å². The van der Waals surface area contributed by atoms with Crippen LogP contribution in [0.5, 0.6) is 5.75 Å². The Hall–Kier alpha value is -1.51. The minimum atomic E-state index is -0.0503. The molecule has 6 nitrogen and oxygen atoms in total. The Kier molecular flexibility index (Phi) is 13.8. The first-order valence-corrected chi connectivity index (χ1v) is 9.03. The van der Waals surface area contributed by atoms with Gasteiger partial charge in [-0.05, 0) is 43.4 Å². The van der Waals surface area contributed by atoms with E-state index in [1.807, 2.05) is 26.0 Å². The van der Waals surface area contributed by atoms with Gasteiger partial charge in [0.05, 0.1) is 7.11 Å². The maximum atomic E-state index is 11.6. The number of nitrogens with one attached hydrogen (secondary N) is 3. The van der Waals surface area contributed by atoms with Gasteiger partial charge in [0.25, 0.3) is 0 Å². The number of carbonyl (C=O) groups is 1. The summed E-state index contributed by atoms with van der Waals surface area (Å²) in [6.07, 6.45) is 1.90. The van der Waals surface area contributed by atoms with Gasteiger partial charge in [0, 0.05) is 19.6 Å². The van der Waals surface area contributed by atoms with E-state index in [2.05, 4.69) is 40.0 Å². The number of amides is 1. The molecule has 1 aromatic rings. The lowest BCUT2D eigenvalue weighted by atomic mass is 9.98. The first-order chi connectivity index (χ1) is 12.1. The molecular formula is C19H33IN4O2. The Morgan fingerprint density at radius 2 is 1.81 bits per heavy atom. The van der Waals surface area contributed by atoms with Gasteiger partial charge in [0.1, 0.15) is 12.3 Å². The van der Waals surface area contributed by atoms with Gasteiger partial charge in [-0.2, -0.15) is 0 Å². The maximum Gasteiger partial charge on any atom is 0.241 e. The summed E-state index contributed by atoms with van der Waals surface area (Å²) in [5.41, 5.74) is 1.28. The number of hydrogen-bond donors (Lipinski definition) is 3. The second-order valence-electron chi connectivity index (χ2n) is 5.93. The summed E-state index contributed by atoms with van der Waals surface area (Å²) >= 11 is 0. The van der Waals surface area contributed by atoms with Crippen LogP contribution < -0.4 is 20.7 Å². The first kappa shape index (κ1) is 24.5. The molecule has 7 heteroatoms. The van der Waals surface area contributed by atoms with Crippen molar-refractivity contribution in [2.45, 2.75) is 39.5 Å². The number of guanidine groups is 1. The fraction of sp³-hybridized carbons (Fsp3) is 0.579. The SMILES string of the molecule is CCCNC(=O)CN=C(NCC)NCCC(C)c1ccc(OC)cc1.I. The van der Waals surface area contributed by atoms with Gasteiger partial charge in [0.15, 0.2) is 5.96 Å². The lowest BCUT2D eigenvalue weighted by Gasteiger charge is -2.15. The first-order valence-electron chi connectivity index (χ1n) is 9.03. The number of aliphatic imine (C=N–C) groups is 1. The van der Waals surface area contributed by atoms with Crippen molar-refractivity contribution < 1.29 is 9.53 Å². The smallest absolute Gasteiger partial charge is 0.241 e. The van der Waals surface area contributed by atoms with Crippen molar-refractivity contribution >= 4 is 35.8 Å². The highest BCUT2D eigenvalue weighted by Gasteiger charge is 2.07. The number of nitrogens with zero attached hydrogens (tertiary/aromatic N) is 1. The van der Waals surface area contributed by atoms with Crippen LogP contribution in [0.4, 0.5) is 0 Å². The summed E-state index contributed by atoms with van der Waals surface area (Å²) in [5, 5.41) is 9.28. The van der Waals surface area contributed by atoms with Crippen molar-refractivity contribution in [2.24, 2.45) is 4.99 Å². The van der Waals surface area contributed by atoms with E-state index in [-0.39, 0.29) is 36.4 Å². The quantitative estimate of drug-likeness (QED) is 0.276. The lowest BCUT2D eigenvalue weighted by molar-refractivity contribution is -0.119. The molecule has 0 aliphatic carbocycles. The summed E-state index contributed by atoms with van der Waals surface area (Å²) < 4.78 is 5.19. The molecule has 1 rings (SSSR count). The van der Waals surface area contributed by atoms with Gasteiger partial charge in [-0.3, -0.25) is 4.79 Å². The molecule has 0 spiro atoms. The molecular weight excluding hydrogens is 443 g/mol. The Morgan fingerprint density at radius 3 is 2.38 bits per heavy atom. The van der Waals surface area contributed by atoms with Crippen molar-refractivity contribution in [1.29, 1.82) is 0 Å². The van der Waals surface area contributed by atoms with Gasteiger partial charge < -0.3 is 20.7 Å². The van der Waals surface area contributed by atoms with E-state index in [4.69, 9.17) is 4.74 Å². The third kappa shape index (κ3) is 9.84. The van der Waals surface area contributed by atoms with Crippen LogP contribution in [0, 0.1) is 0 Å². The fourth-order valence-corrected chi connectivity index (χ4v) is 2.32. The second-order valence-corrected chi connectivity index (χ2v) is 5.93. The summed E-state index contributed by atoms with van der Waals surface area (Å²) in [5.74, 6) is 1.92.